The van der Waals surface area contributed by atoms with E-state index >= 15 is 0 Å². The molecule has 0 N–H and O–H groups in total. The van der Waals surface area contributed by atoms with Crippen molar-refractivity contribution in [3.8, 4) is 22.4 Å². The summed E-state index contributed by atoms with van der Waals surface area (Å²) in [5.74, 6) is 0. The van der Waals surface area contributed by atoms with E-state index in [4.69, 9.17) is 26.0 Å². The van der Waals surface area contributed by atoms with E-state index in [1.807, 2.05) is 30.3 Å². The number of nitrogens with zero attached hydrogens (tertiary/aromatic N) is 2. The summed E-state index contributed by atoms with van der Waals surface area (Å²) in [5, 5.41) is 9.77. The molecule has 228 valence electrons. The minimum absolute atomic E-state index is 0. The molecule has 0 amide bonds. The van der Waals surface area contributed by atoms with Crippen LogP contribution in [0.15, 0.2) is 121 Å². The summed E-state index contributed by atoms with van der Waals surface area (Å²) < 4.78 is 152. The van der Waals surface area contributed by atoms with Crippen molar-refractivity contribution in [3.63, 3.8) is 0 Å². The van der Waals surface area contributed by atoms with Crippen LogP contribution in [0.2, 0.25) is 0 Å². The zero-order valence-corrected chi connectivity index (χ0v) is 27.4. The predicted octanol–water partition coefficient (Wildman–Crippen LogP) is 11.0. The second-order valence-electron chi connectivity index (χ2n) is 10.5. The number of hydrogen-bond acceptors (Lipinski definition) is 1. The van der Waals surface area contributed by atoms with Crippen LogP contribution >= 0.6 is 0 Å². The minimum atomic E-state index is -2.32. The van der Waals surface area contributed by atoms with Crippen molar-refractivity contribution in [2.75, 3.05) is 0 Å². The predicted molar refractivity (Wildman–Crippen MR) is 189 cm³/mol. The fourth-order valence-corrected chi connectivity index (χ4v) is 3.82. The van der Waals surface area contributed by atoms with Crippen LogP contribution < -0.4 is 0 Å². The fraction of sp³-hybridized carbons (Fsp3) is 0.190. The average Bonchev–Trinajstić information content (AvgIpc) is 3.20. The number of aromatic nitrogens is 1. The molecule has 45 heavy (non-hydrogen) atoms. The number of rotatable bonds is 7. The second-order valence-corrected chi connectivity index (χ2v) is 10.5. The van der Waals surface area contributed by atoms with E-state index < -0.39 is 109 Å². The number of hydrogen-bond donors (Lipinski definition) is 0. The molecule has 5 aromatic rings. The molecule has 0 radical (unpaired) electrons. The van der Waals surface area contributed by atoms with Gasteiger partial charge in [0.05, 0.1) is 8.22 Å². The van der Waals surface area contributed by atoms with Crippen LogP contribution in [-0.2, 0) is 26.5 Å². The molecule has 0 fully saturated rings. The van der Waals surface area contributed by atoms with Gasteiger partial charge in [-0.05, 0) is 54.9 Å². The van der Waals surface area contributed by atoms with Gasteiger partial charge in [0.15, 0.2) is 0 Å². The van der Waals surface area contributed by atoms with Crippen LogP contribution in [-0.4, -0.2) is 11.2 Å². The molecule has 0 atom stereocenters. The van der Waals surface area contributed by atoms with Gasteiger partial charge in [-0.1, -0.05) is 119 Å². The van der Waals surface area contributed by atoms with Crippen molar-refractivity contribution >= 4 is 17.3 Å². The molecule has 0 saturated carbocycles. The smallest absolute Gasteiger partial charge is 0.811 e. The van der Waals surface area contributed by atoms with Gasteiger partial charge in [-0.15, -0.1) is 70.7 Å². The Bertz CT molecular complexity index is 2600. The first-order chi connectivity index (χ1) is 28.9. The summed E-state index contributed by atoms with van der Waals surface area (Å²) in [6.45, 7) is 1.36. The van der Waals surface area contributed by atoms with Gasteiger partial charge in [0.1, 0.15) is 0 Å². The Morgan fingerprint density at radius 2 is 1.80 bits per heavy atom. The zero-order valence-electron chi connectivity index (χ0n) is 44.0. The van der Waals surface area contributed by atoms with Crippen molar-refractivity contribution in [3.05, 3.63) is 167 Å². The van der Waals surface area contributed by atoms with Gasteiger partial charge in [0.2, 0.25) is 0 Å². The Labute approximate surface area is 310 Å². The summed E-state index contributed by atoms with van der Waals surface area (Å²) in [6, 6.07) is 13.8. The minimum Gasteiger partial charge on any atom is -0.811 e. The van der Waals surface area contributed by atoms with E-state index in [1.54, 1.807) is 12.1 Å². The van der Waals surface area contributed by atoms with Crippen molar-refractivity contribution in [2.45, 2.75) is 47.8 Å². The Kier molecular flexibility index (Phi) is 6.32. The Hall–Kier alpha value is -4.17. The summed E-state index contributed by atoms with van der Waals surface area (Å²) in [6.07, 6.45) is -2.35. The molecule has 0 aliphatic rings. The molecule has 1 aromatic heterocycles. The molecule has 4 aromatic carbocycles. The van der Waals surface area contributed by atoms with Gasteiger partial charge in [-0.25, -0.2) is 0 Å². The fourth-order valence-electron chi connectivity index (χ4n) is 3.82. The van der Waals surface area contributed by atoms with Crippen LogP contribution in [0.25, 0.3) is 38.9 Å². The molecular weight excluding hydrogens is 725 g/mol. The topological polar surface area (TPSA) is 35.2 Å². The zero-order chi connectivity index (χ0) is 47.9. The molecule has 0 spiro atoms. The Morgan fingerprint density at radius 1 is 1.02 bits per heavy atom. The van der Waals surface area contributed by atoms with Crippen LogP contribution in [0.3, 0.4) is 0 Å². The first-order valence-electron chi connectivity index (χ1n) is 23.0. The Morgan fingerprint density at radius 3 is 2.44 bits per heavy atom. The second kappa shape index (κ2) is 16.8. The number of benzene rings is 4. The maximum atomic E-state index is 9.77. The summed E-state index contributed by atoms with van der Waals surface area (Å²) >= 11 is 0. The molecule has 0 unspecified atom stereocenters. The third-order valence-corrected chi connectivity index (χ3v) is 5.82. The van der Waals surface area contributed by atoms with E-state index in [2.05, 4.69) is 17.1 Å². The molecule has 0 bridgehead atoms. The quantitative estimate of drug-likeness (QED) is 0.0920. The monoisotopic (exact) mass is 785 g/mol. The number of allylic oxidation sites excluding steroid dienone is 4. The first kappa shape index (κ1) is 16.9. The standard InChI is InChI=1S/C23H25N.C19H16N.Ir/c1-18(20-8-6-5-7-9-20)16-22(14-15-24)21-12-10-19(11-13-21)17-23(2,3)4;1-14-8-11-19(20-13-14)17-10-9-15(2)18(12-17)16-6-4-3-5-7-16;/h5-8,10-16H,17H2,1-4H3;3-9,11-13H,1-2H3;/q-2;-1;+3/b18-16+,22-14+;;/i5D,6D,7D,8D,10D,11D,12D,13D,14D,15D,16D,17D2;1D3,2D3;. The molecular formula is C42H41IrN2. The number of aryl methyl sites for hydroxylation is 2. The number of pyridine rings is 1. The first-order valence-corrected chi connectivity index (χ1v) is 13.5. The average molecular weight is 785 g/mol. The SMILES string of the molecule is [2H]C(=[N-])/C([2H])=C(\C([2H])=C(/C)c1[c-]c([2H])c([2H])c([2H])c1[2H])c1c([2H])c([2H])c(C([2H])([2H])C(C)(C)C)c([2H])c1[2H].[2H]C([2H])([2H])c1ccc(-c2[c-]cc(C([2H])([2H])[2H])c(-c3ccccc3)c2)nc1.[Ir+3]. The third kappa shape index (κ3) is 10.7. The van der Waals surface area contributed by atoms with E-state index in [1.165, 1.54) is 46.0 Å². The Balaban J connectivity index is 0.000000354. The van der Waals surface area contributed by atoms with Gasteiger partial charge < -0.3 is 10.4 Å². The van der Waals surface area contributed by atoms with Gasteiger partial charge in [0.25, 0.3) is 0 Å². The van der Waals surface area contributed by atoms with E-state index in [-0.39, 0.29) is 42.4 Å². The molecule has 5 rings (SSSR count). The maximum absolute atomic E-state index is 9.77. The normalized spacial score (nSPS) is 19.0. The molecule has 0 aliphatic carbocycles. The molecule has 1 heterocycles. The molecule has 0 aliphatic heterocycles. The molecule has 0 saturated heterocycles. The summed E-state index contributed by atoms with van der Waals surface area (Å²) in [7, 11) is 0. The molecule has 2 nitrogen and oxygen atoms in total. The largest absolute Gasteiger partial charge is 3.00 e. The van der Waals surface area contributed by atoms with Crippen LogP contribution in [0.4, 0.5) is 0 Å². The third-order valence-electron chi connectivity index (χ3n) is 5.82. The van der Waals surface area contributed by atoms with Gasteiger partial charge >= 0.3 is 20.1 Å². The van der Waals surface area contributed by atoms with Crippen molar-refractivity contribution in [2.24, 2.45) is 5.41 Å². The van der Waals surface area contributed by atoms with Crippen molar-refractivity contribution in [1.29, 1.82) is 0 Å². The molecule has 3 heteroatoms. The van der Waals surface area contributed by atoms with E-state index in [9.17, 15) is 5.41 Å². The van der Waals surface area contributed by atoms with Crippen molar-refractivity contribution in [1.82, 2.24) is 4.98 Å². The van der Waals surface area contributed by atoms with Crippen LogP contribution in [0.1, 0.15) is 81.6 Å². The van der Waals surface area contributed by atoms with Gasteiger partial charge in [0, 0.05) is 21.3 Å². The van der Waals surface area contributed by atoms with Crippen LogP contribution in [0, 0.1) is 31.3 Å². The van der Waals surface area contributed by atoms with Crippen LogP contribution in [0.5, 0.6) is 0 Å². The van der Waals surface area contributed by atoms with Crippen molar-refractivity contribution < 1.29 is 46.1 Å². The van der Waals surface area contributed by atoms with Gasteiger partial charge in [-0.3, -0.25) is 0 Å². The van der Waals surface area contributed by atoms with E-state index in [0.717, 1.165) is 5.56 Å². The maximum Gasteiger partial charge on any atom is 3.00 e. The summed E-state index contributed by atoms with van der Waals surface area (Å²) in [5.41, 5.74) is -0.579. The summed E-state index contributed by atoms with van der Waals surface area (Å²) in [4.78, 5) is 4.21. The van der Waals surface area contributed by atoms with Gasteiger partial charge in [-0.2, -0.15) is 6.19 Å². The van der Waals surface area contributed by atoms with E-state index in [0.29, 0.717) is 16.8 Å².